The summed E-state index contributed by atoms with van der Waals surface area (Å²) in [7, 11) is -1.78. The smallest absolute Gasteiger partial charge is 0.251 e. The van der Waals surface area contributed by atoms with Crippen molar-refractivity contribution >= 4 is 21.8 Å². The lowest BCUT2D eigenvalue weighted by Crippen LogP contribution is -2.54. The van der Waals surface area contributed by atoms with Gasteiger partial charge >= 0.3 is 0 Å². The van der Waals surface area contributed by atoms with E-state index >= 15 is 0 Å². The highest BCUT2D eigenvalue weighted by molar-refractivity contribution is 7.89. The van der Waals surface area contributed by atoms with E-state index in [-0.39, 0.29) is 17.7 Å². The maximum Gasteiger partial charge on any atom is 0.251 e. The Balaban J connectivity index is 2.09. The highest BCUT2D eigenvalue weighted by Gasteiger charge is 2.36. The van der Waals surface area contributed by atoms with E-state index in [1.165, 1.54) is 4.31 Å². The van der Waals surface area contributed by atoms with E-state index in [1.54, 1.807) is 45.2 Å². The van der Waals surface area contributed by atoms with E-state index in [0.717, 1.165) is 0 Å². The van der Waals surface area contributed by atoms with Gasteiger partial charge in [0, 0.05) is 32.3 Å². The second-order valence-electron chi connectivity index (χ2n) is 7.43. The number of methoxy groups -OCH3 is 1. The van der Waals surface area contributed by atoms with E-state index in [9.17, 15) is 18.0 Å². The zero-order chi connectivity index (χ0) is 21.4. The lowest BCUT2D eigenvalue weighted by atomic mass is 9.89. The van der Waals surface area contributed by atoms with Crippen LogP contribution in [0, 0.1) is 5.92 Å². The molecule has 162 valence electrons. The summed E-state index contributed by atoms with van der Waals surface area (Å²) < 4.78 is 31.2. The molecule has 2 N–H and O–H groups in total. The van der Waals surface area contributed by atoms with Gasteiger partial charge < -0.3 is 15.4 Å². The van der Waals surface area contributed by atoms with Crippen molar-refractivity contribution in [3.05, 3.63) is 35.9 Å². The molecule has 0 aromatic heterocycles. The lowest BCUT2D eigenvalue weighted by Gasteiger charge is -2.35. The summed E-state index contributed by atoms with van der Waals surface area (Å²) in [5.74, 6) is -0.755. The summed E-state index contributed by atoms with van der Waals surface area (Å²) in [6, 6.07) is 7.98. The van der Waals surface area contributed by atoms with Crippen LogP contribution in [0.4, 0.5) is 0 Å². The van der Waals surface area contributed by atoms with Crippen LogP contribution in [-0.4, -0.2) is 69.2 Å². The first-order chi connectivity index (χ1) is 13.8. The van der Waals surface area contributed by atoms with Gasteiger partial charge in [-0.15, -0.1) is 0 Å². The average Bonchev–Trinajstić information content (AvgIpc) is 2.72. The van der Waals surface area contributed by atoms with Crippen LogP contribution in [0.2, 0.25) is 0 Å². The number of piperidine rings is 1. The first-order valence-corrected chi connectivity index (χ1v) is 11.4. The third kappa shape index (κ3) is 6.25. The summed E-state index contributed by atoms with van der Waals surface area (Å²) in [5.41, 5.74) is 0.474. The molecule has 0 spiro atoms. The van der Waals surface area contributed by atoms with Crippen LogP contribution in [0.3, 0.4) is 0 Å². The number of benzene rings is 1. The molecule has 2 rings (SSSR count). The Morgan fingerprint density at radius 3 is 2.34 bits per heavy atom. The van der Waals surface area contributed by atoms with E-state index in [0.29, 0.717) is 44.6 Å². The van der Waals surface area contributed by atoms with Gasteiger partial charge in [0.2, 0.25) is 15.9 Å². The van der Waals surface area contributed by atoms with E-state index in [4.69, 9.17) is 4.74 Å². The quantitative estimate of drug-likeness (QED) is 0.574. The van der Waals surface area contributed by atoms with E-state index in [1.807, 2.05) is 6.07 Å². The van der Waals surface area contributed by atoms with Gasteiger partial charge in [0.25, 0.3) is 5.91 Å². The van der Waals surface area contributed by atoms with Crippen LogP contribution in [0.25, 0.3) is 0 Å². The Hall–Kier alpha value is -1.97. The zero-order valence-electron chi connectivity index (χ0n) is 17.3. The van der Waals surface area contributed by atoms with Crippen molar-refractivity contribution in [3.8, 4) is 0 Å². The van der Waals surface area contributed by atoms with Crippen LogP contribution < -0.4 is 10.6 Å². The SMILES string of the molecule is COCCNC(=O)C(NC(=O)c1ccccc1)C1CCN(S(=O)(=O)C(C)C)CC1. The van der Waals surface area contributed by atoms with Crippen molar-refractivity contribution in [1.82, 2.24) is 14.9 Å². The molecule has 1 aliphatic rings. The molecule has 1 atom stereocenters. The minimum Gasteiger partial charge on any atom is -0.383 e. The number of sulfonamides is 1. The van der Waals surface area contributed by atoms with Crippen molar-refractivity contribution in [2.75, 3.05) is 33.4 Å². The zero-order valence-corrected chi connectivity index (χ0v) is 18.1. The molecule has 8 nitrogen and oxygen atoms in total. The number of carbonyl (C=O) groups is 2. The van der Waals surface area contributed by atoms with Gasteiger partial charge in [-0.3, -0.25) is 9.59 Å². The lowest BCUT2D eigenvalue weighted by molar-refractivity contribution is -0.124. The second-order valence-corrected chi connectivity index (χ2v) is 9.92. The monoisotopic (exact) mass is 425 g/mol. The molecule has 1 unspecified atom stereocenters. The largest absolute Gasteiger partial charge is 0.383 e. The molecule has 1 heterocycles. The molecular weight excluding hydrogens is 394 g/mol. The summed E-state index contributed by atoms with van der Waals surface area (Å²) in [4.78, 5) is 25.4. The minimum absolute atomic E-state index is 0.149. The third-order valence-corrected chi connectivity index (χ3v) is 7.41. The minimum atomic E-state index is -3.32. The number of nitrogens with one attached hydrogen (secondary N) is 2. The van der Waals surface area contributed by atoms with E-state index < -0.39 is 21.3 Å². The molecule has 0 aliphatic carbocycles. The molecular formula is C20H31N3O5S. The first kappa shape index (κ1) is 23.3. The number of rotatable bonds is 9. The van der Waals surface area contributed by atoms with Crippen LogP contribution in [0.5, 0.6) is 0 Å². The predicted octanol–water partition coefficient (Wildman–Crippen LogP) is 0.998. The summed E-state index contributed by atoms with van der Waals surface area (Å²) in [6.07, 6.45) is 1.01. The van der Waals surface area contributed by atoms with Crippen LogP contribution in [0.15, 0.2) is 30.3 Å². The van der Waals surface area contributed by atoms with Crippen LogP contribution in [0.1, 0.15) is 37.0 Å². The molecule has 1 aliphatic heterocycles. The normalized spacial score (nSPS) is 17.1. The maximum atomic E-state index is 12.8. The Morgan fingerprint density at radius 1 is 1.17 bits per heavy atom. The van der Waals surface area contributed by atoms with Gasteiger partial charge in [0.15, 0.2) is 0 Å². The molecule has 9 heteroatoms. The molecule has 0 saturated carbocycles. The summed E-state index contributed by atoms with van der Waals surface area (Å²) in [5, 5.41) is 5.15. The Morgan fingerprint density at radius 2 is 1.79 bits per heavy atom. The first-order valence-electron chi connectivity index (χ1n) is 9.89. The van der Waals surface area contributed by atoms with Crippen molar-refractivity contribution < 1.29 is 22.7 Å². The maximum absolute atomic E-state index is 12.8. The molecule has 1 saturated heterocycles. The van der Waals surface area contributed by atoms with Crippen molar-refractivity contribution in [1.29, 1.82) is 0 Å². The standard InChI is InChI=1S/C20H31N3O5S/c1-15(2)29(26,27)23-12-9-16(10-13-23)18(20(25)21-11-14-28-3)22-19(24)17-7-5-4-6-8-17/h4-8,15-16,18H,9-14H2,1-3H3,(H,21,25)(H,22,24). The van der Waals surface area contributed by atoms with E-state index in [2.05, 4.69) is 10.6 Å². The number of carbonyl (C=O) groups excluding carboxylic acids is 2. The highest BCUT2D eigenvalue weighted by atomic mass is 32.2. The molecule has 1 fully saturated rings. The molecule has 29 heavy (non-hydrogen) atoms. The Kier molecular flexibility index (Phi) is 8.60. The molecule has 1 aromatic carbocycles. The number of hydrogen-bond donors (Lipinski definition) is 2. The average molecular weight is 426 g/mol. The van der Waals surface area contributed by atoms with Crippen molar-refractivity contribution in [2.24, 2.45) is 5.92 Å². The van der Waals surface area contributed by atoms with Gasteiger partial charge in [-0.05, 0) is 44.7 Å². The number of hydrogen-bond acceptors (Lipinski definition) is 5. The third-order valence-electron chi connectivity index (χ3n) is 5.14. The van der Waals surface area contributed by atoms with Gasteiger partial charge in [-0.1, -0.05) is 18.2 Å². The molecule has 0 bridgehead atoms. The fraction of sp³-hybridized carbons (Fsp3) is 0.600. The number of ether oxygens (including phenoxy) is 1. The fourth-order valence-corrected chi connectivity index (χ4v) is 4.68. The fourth-order valence-electron chi connectivity index (χ4n) is 3.36. The Bertz CT molecular complexity index is 775. The second kappa shape index (κ2) is 10.7. The Labute approximate surface area is 173 Å². The summed E-state index contributed by atoms with van der Waals surface area (Å²) in [6.45, 7) is 4.72. The van der Waals surface area contributed by atoms with Gasteiger partial charge in [-0.25, -0.2) is 12.7 Å². The molecule has 2 amide bonds. The number of amides is 2. The topological polar surface area (TPSA) is 105 Å². The van der Waals surface area contributed by atoms with Gasteiger partial charge in [0.05, 0.1) is 11.9 Å². The summed E-state index contributed by atoms with van der Waals surface area (Å²) >= 11 is 0. The van der Waals surface area contributed by atoms with Crippen molar-refractivity contribution in [3.63, 3.8) is 0 Å². The predicted molar refractivity (Wildman–Crippen MR) is 111 cm³/mol. The van der Waals surface area contributed by atoms with Crippen LogP contribution in [-0.2, 0) is 19.6 Å². The molecule has 1 aromatic rings. The molecule has 0 radical (unpaired) electrons. The number of nitrogens with zero attached hydrogens (tertiary/aromatic N) is 1. The van der Waals surface area contributed by atoms with Crippen molar-refractivity contribution in [2.45, 2.75) is 38.0 Å². The highest BCUT2D eigenvalue weighted by Crippen LogP contribution is 2.24. The van der Waals surface area contributed by atoms with Gasteiger partial charge in [-0.2, -0.15) is 0 Å². The van der Waals surface area contributed by atoms with Gasteiger partial charge in [0.1, 0.15) is 6.04 Å². The van der Waals surface area contributed by atoms with Crippen LogP contribution >= 0.6 is 0 Å².